The molecule has 9 nitrogen and oxygen atoms in total. The molecule has 2 heterocycles. The van der Waals surface area contributed by atoms with Crippen LogP contribution in [-0.4, -0.2) is 47.0 Å². The van der Waals surface area contributed by atoms with Crippen LogP contribution in [-0.2, 0) is 9.84 Å². The van der Waals surface area contributed by atoms with Crippen molar-refractivity contribution in [1.29, 1.82) is 0 Å². The molecule has 1 aliphatic carbocycles. The molecule has 3 N–H and O–H groups in total. The summed E-state index contributed by atoms with van der Waals surface area (Å²) in [4.78, 5) is 22.3. The molecular formula is C21H25N5O4S. The Bertz CT molecular complexity index is 1300. The van der Waals surface area contributed by atoms with Crippen LogP contribution >= 0.6 is 0 Å². The number of nitrogens with zero attached hydrogens (tertiary/aromatic N) is 3. The summed E-state index contributed by atoms with van der Waals surface area (Å²) in [7, 11) is -1.61. The van der Waals surface area contributed by atoms with E-state index in [9.17, 15) is 18.3 Å². The average molecular weight is 444 g/mol. The van der Waals surface area contributed by atoms with Gasteiger partial charge in [-0.2, -0.15) is 4.98 Å². The monoisotopic (exact) mass is 443 g/mol. The van der Waals surface area contributed by atoms with Gasteiger partial charge in [0, 0.05) is 30.6 Å². The molecule has 10 heteroatoms. The highest BCUT2D eigenvalue weighted by molar-refractivity contribution is 7.90. The van der Waals surface area contributed by atoms with Crippen molar-refractivity contribution in [2.45, 2.75) is 42.7 Å². The smallest absolute Gasteiger partial charge is 0.275 e. The lowest BCUT2D eigenvalue weighted by atomic mass is 10.00. The van der Waals surface area contributed by atoms with Crippen molar-refractivity contribution in [2.24, 2.45) is 0 Å². The van der Waals surface area contributed by atoms with E-state index in [1.807, 2.05) is 0 Å². The number of pyridine rings is 1. The molecule has 31 heavy (non-hydrogen) atoms. The molecule has 0 bridgehead atoms. The molecule has 4 rings (SSSR count). The van der Waals surface area contributed by atoms with E-state index in [0.717, 1.165) is 12.7 Å². The lowest BCUT2D eigenvalue weighted by molar-refractivity contribution is 0.0267. The summed E-state index contributed by atoms with van der Waals surface area (Å²) in [6, 6.07) is 7.56. The Balaban J connectivity index is 1.79. The molecule has 0 saturated heterocycles. The molecule has 0 aliphatic heterocycles. The number of nitrogens with one attached hydrogen (secondary N) is 2. The number of rotatable bonds is 5. The first-order valence-electron chi connectivity index (χ1n) is 10.00. The standard InChI is InChI=1S/C21H25N5O4S/c1-21(28)10-4-5-17(21)26-18-13(11-16(22-2)19(26)27)12-23-20(25-18)24-14-6-8-15(9-7-14)31(3,29)30/h6-9,11-12,17,22,28H,4-5,10H2,1-3H3,(H,23,24,25)/t17-,21-/m1/s1. The topological polar surface area (TPSA) is 126 Å². The molecular weight excluding hydrogens is 418 g/mol. The van der Waals surface area contributed by atoms with Gasteiger partial charge in [-0.05, 0) is 56.5 Å². The molecule has 1 aliphatic rings. The number of sulfone groups is 1. The highest BCUT2D eigenvalue weighted by Crippen LogP contribution is 2.39. The van der Waals surface area contributed by atoms with Crippen molar-refractivity contribution in [2.75, 3.05) is 23.9 Å². The molecule has 164 valence electrons. The van der Waals surface area contributed by atoms with E-state index in [0.29, 0.717) is 35.2 Å². The minimum atomic E-state index is -3.29. The van der Waals surface area contributed by atoms with Crippen molar-refractivity contribution in [1.82, 2.24) is 14.5 Å². The summed E-state index contributed by atoms with van der Waals surface area (Å²) in [6.07, 6.45) is 4.87. The van der Waals surface area contributed by atoms with Crippen molar-refractivity contribution >= 4 is 38.2 Å². The Labute approximate surface area is 180 Å². The number of anilines is 3. The van der Waals surface area contributed by atoms with Gasteiger partial charge in [0.2, 0.25) is 5.95 Å². The van der Waals surface area contributed by atoms with Crippen LogP contribution in [0.5, 0.6) is 0 Å². The van der Waals surface area contributed by atoms with Crippen LogP contribution < -0.4 is 16.2 Å². The molecule has 2 atom stereocenters. The highest BCUT2D eigenvalue weighted by Gasteiger charge is 2.39. The molecule has 3 aromatic rings. The van der Waals surface area contributed by atoms with Gasteiger partial charge in [-0.1, -0.05) is 0 Å². The van der Waals surface area contributed by atoms with Gasteiger partial charge in [0.15, 0.2) is 9.84 Å². The Morgan fingerprint density at radius 1 is 1.26 bits per heavy atom. The third-order valence-electron chi connectivity index (χ3n) is 5.77. The molecule has 1 saturated carbocycles. The minimum absolute atomic E-state index is 0.217. The summed E-state index contributed by atoms with van der Waals surface area (Å²) in [5, 5.41) is 17.5. The van der Waals surface area contributed by atoms with Gasteiger partial charge in [-0.3, -0.25) is 9.36 Å². The van der Waals surface area contributed by atoms with E-state index in [1.54, 1.807) is 42.9 Å². The van der Waals surface area contributed by atoms with E-state index < -0.39 is 21.5 Å². The second-order valence-electron chi connectivity index (χ2n) is 8.14. The zero-order valence-electron chi connectivity index (χ0n) is 17.6. The van der Waals surface area contributed by atoms with E-state index in [-0.39, 0.29) is 16.4 Å². The summed E-state index contributed by atoms with van der Waals surface area (Å²) < 4.78 is 24.9. The average Bonchev–Trinajstić information content (AvgIpc) is 3.06. The predicted molar refractivity (Wildman–Crippen MR) is 120 cm³/mol. The maximum Gasteiger partial charge on any atom is 0.275 e. The first kappa shape index (κ1) is 21.3. The quantitative estimate of drug-likeness (QED) is 0.549. The normalized spacial score (nSPS) is 21.4. The second kappa shape index (κ2) is 7.61. The maximum absolute atomic E-state index is 13.1. The van der Waals surface area contributed by atoms with Gasteiger partial charge >= 0.3 is 0 Å². The van der Waals surface area contributed by atoms with Gasteiger partial charge in [-0.25, -0.2) is 13.4 Å². The van der Waals surface area contributed by atoms with Crippen LogP contribution in [0.15, 0.2) is 46.2 Å². The zero-order valence-corrected chi connectivity index (χ0v) is 18.4. The third-order valence-corrected chi connectivity index (χ3v) is 6.90. The highest BCUT2D eigenvalue weighted by atomic mass is 32.2. The Morgan fingerprint density at radius 3 is 2.55 bits per heavy atom. The van der Waals surface area contributed by atoms with Crippen LogP contribution in [0.2, 0.25) is 0 Å². The lowest BCUT2D eigenvalue weighted by Crippen LogP contribution is -2.38. The molecule has 0 unspecified atom stereocenters. The van der Waals surface area contributed by atoms with Gasteiger partial charge in [0.1, 0.15) is 11.3 Å². The van der Waals surface area contributed by atoms with Crippen LogP contribution in [0, 0.1) is 0 Å². The lowest BCUT2D eigenvalue weighted by Gasteiger charge is -2.28. The second-order valence-corrected chi connectivity index (χ2v) is 10.2. The van der Waals surface area contributed by atoms with Crippen LogP contribution in [0.1, 0.15) is 32.2 Å². The third kappa shape index (κ3) is 4.00. The van der Waals surface area contributed by atoms with Crippen LogP contribution in [0.25, 0.3) is 11.0 Å². The molecule has 1 aromatic carbocycles. The maximum atomic E-state index is 13.1. The summed E-state index contributed by atoms with van der Waals surface area (Å²) in [6.45, 7) is 1.75. The molecule has 0 radical (unpaired) electrons. The Morgan fingerprint density at radius 2 is 1.97 bits per heavy atom. The number of hydrogen-bond donors (Lipinski definition) is 3. The number of aromatic nitrogens is 3. The van der Waals surface area contributed by atoms with Crippen molar-refractivity contribution in [3.63, 3.8) is 0 Å². The summed E-state index contributed by atoms with van der Waals surface area (Å²) in [5.74, 6) is 0.266. The molecule has 1 fully saturated rings. The first-order chi connectivity index (χ1) is 14.6. The van der Waals surface area contributed by atoms with Crippen molar-refractivity contribution < 1.29 is 13.5 Å². The van der Waals surface area contributed by atoms with Crippen molar-refractivity contribution in [3.05, 3.63) is 46.9 Å². The first-order valence-corrected chi connectivity index (χ1v) is 11.9. The van der Waals surface area contributed by atoms with Crippen molar-refractivity contribution in [3.8, 4) is 0 Å². The molecule has 0 spiro atoms. The summed E-state index contributed by atoms with van der Waals surface area (Å²) in [5.41, 5.74) is 0.199. The number of benzene rings is 1. The number of hydrogen-bond acceptors (Lipinski definition) is 8. The van der Waals surface area contributed by atoms with Crippen LogP contribution in [0.3, 0.4) is 0 Å². The Hall–Kier alpha value is -2.98. The van der Waals surface area contributed by atoms with Crippen LogP contribution in [0.4, 0.5) is 17.3 Å². The number of aliphatic hydroxyl groups is 1. The zero-order chi connectivity index (χ0) is 22.4. The molecule has 0 amide bonds. The van der Waals surface area contributed by atoms with E-state index >= 15 is 0 Å². The van der Waals surface area contributed by atoms with Gasteiger partial charge in [0.25, 0.3) is 5.56 Å². The number of fused-ring (bicyclic) bond motifs is 1. The van der Waals surface area contributed by atoms with E-state index in [2.05, 4.69) is 20.6 Å². The van der Waals surface area contributed by atoms with Gasteiger partial charge in [-0.15, -0.1) is 0 Å². The Kier molecular flexibility index (Phi) is 5.22. The molecule has 2 aromatic heterocycles. The summed E-state index contributed by atoms with van der Waals surface area (Å²) >= 11 is 0. The van der Waals surface area contributed by atoms with E-state index in [4.69, 9.17) is 0 Å². The largest absolute Gasteiger partial charge is 0.388 e. The SMILES string of the molecule is CNc1cc2cnc(Nc3ccc(S(C)(=O)=O)cc3)nc2n([C@@H]2CCC[C@@]2(C)O)c1=O. The van der Waals surface area contributed by atoms with E-state index in [1.165, 1.54) is 12.1 Å². The fourth-order valence-corrected chi connectivity index (χ4v) is 4.73. The fraction of sp³-hybridized carbons (Fsp3) is 0.381. The fourth-order valence-electron chi connectivity index (χ4n) is 4.10. The van der Waals surface area contributed by atoms with Gasteiger partial charge < -0.3 is 15.7 Å². The predicted octanol–water partition coefficient (Wildman–Crippen LogP) is 2.46. The van der Waals surface area contributed by atoms with Gasteiger partial charge in [0.05, 0.1) is 16.5 Å². The minimum Gasteiger partial charge on any atom is -0.388 e.